The number of nitrogens with one attached hydrogen (secondary N) is 1. The first-order valence-corrected chi connectivity index (χ1v) is 6.04. The molecule has 4 heteroatoms. The van der Waals surface area contributed by atoms with Gasteiger partial charge in [-0.05, 0) is 34.1 Å². The molecule has 1 aliphatic rings. The number of nitrogens with zero attached hydrogens (tertiary/aromatic N) is 1. The zero-order valence-electron chi connectivity index (χ0n) is 11.0. The van der Waals surface area contributed by atoms with Gasteiger partial charge in [0.25, 0.3) is 0 Å². The van der Waals surface area contributed by atoms with E-state index in [1.165, 1.54) is 0 Å². The fourth-order valence-electron chi connectivity index (χ4n) is 1.82. The smallest absolute Gasteiger partial charge is 0.318 e. The van der Waals surface area contributed by atoms with Crippen LogP contribution in [-0.4, -0.2) is 41.8 Å². The fraction of sp³-hybridized carbons (Fsp3) is 0.917. The second-order valence-corrected chi connectivity index (χ2v) is 5.54. The monoisotopic (exact) mass is 228 g/mol. The molecular weight excluding hydrogens is 204 g/mol. The van der Waals surface area contributed by atoms with E-state index in [0.717, 1.165) is 6.42 Å². The molecule has 0 aliphatic carbocycles. The molecule has 0 aromatic heterocycles. The highest BCUT2D eigenvalue weighted by molar-refractivity contribution is 5.75. The van der Waals surface area contributed by atoms with Crippen molar-refractivity contribution < 1.29 is 9.53 Å². The van der Waals surface area contributed by atoms with Gasteiger partial charge in [0, 0.05) is 12.1 Å². The Bertz CT molecular complexity index is 248. The number of morpholine rings is 1. The average Bonchev–Trinajstić information content (AvgIpc) is 2.15. The van der Waals surface area contributed by atoms with Gasteiger partial charge in [0.2, 0.25) is 0 Å². The molecule has 1 saturated heterocycles. The predicted molar refractivity (Wildman–Crippen MR) is 64.5 cm³/mol. The van der Waals surface area contributed by atoms with Crippen molar-refractivity contribution in [1.29, 1.82) is 0 Å². The van der Waals surface area contributed by atoms with E-state index in [9.17, 15) is 4.79 Å². The van der Waals surface area contributed by atoms with Crippen LogP contribution >= 0.6 is 0 Å². The molecule has 1 rings (SSSR count). The summed E-state index contributed by atoms with van der Waals surface area (Å²) in [4.78, 5) is 14.0. The zero-order valence-corrected chi connectivity index (χ0v) is 11.0. The first-order valence-electron chi connectivity index (χ1n) is 6.04. The van der Waals surface area contributed by atoms with Crippen molar-refractivity contribution in [3.8, 4) is 0 Å². The Kier molecular flexibility index (Phi) is 4.19. The maximum atomic E-state index is 12.1. The largest absolute Gasteiger partial charge is 0.375 e. The molecule has 0 bridgehead atoms. The molecule has 2 atom stereocenters. The summed E-state index contributed by atoms with van der Waals surface area (Å²) < 4.78 is 5.57. The lowest BCUT2D eigenvalue weighted by Gasteiger charge is -2.39. The van der Waals surface area contributed by atoms with Crippen LogP contribution in [0.25, 0.3) is 0 Å². The SMILES string of the molecule is CCC1COC(C)CN1C(=O)NC(C)(C)C. The lowest BCUT2D eigenvalue weighted by molar-refractivity contribution is -0.0386. The van der Waals surface area contributed by atoms with Gasteiger partial charge < -0.3 is 15.0 Å². The van der Waals surface area contributed by atoms with Crippen LogP contribution in [0.2, 0.25) is 0 Å². The van der Waals surface area contributed by atoms with Crippen molar-refractivity contribution in [3.63, 3.8) is 0 Å². The van der Waals surface area contributed by atoms with Crippen LogP contribution in [-0.2, 0) is 4.74 Å². The summed E-state index contributed by atoms with van der Waals surface area (Å²) in [5.74, 6) is 0. The summed E-state index contributed by atoms with van der Waals surface area (Å²) in [6, 6.07) is 0.230. The van der Waals surface area contributed by atoms with Gasteiger partial charge in [0.1, 0.15) is 0 Å². The lowest BCUT2D eigenvalue weighted by Crippen LogP contribution is -2.57. The Morgan fingerprint density at radius 2 is 2.12 bits per heavy atom. The van der Waals surface area contributed by atoms with Crippen molar-refractivity contribution in [3.05, 3.63) is 0 Å². The molecule has 1 fully saturated rings. The third-order valence-corrected chi connectivity index (χ3v) is 2.68. The third-order valence-electron chi connectivity index (χ3n) is 2.68. The van der Waals surface area contributed by atoms with Crippen molar-refractivity contribution in [1.82, 2.24) is 10.2 Å². The molecule has 0 radical (unpaired) electrons. The Morgan fingerprint density at radius 3 is 2.62 bits per heavy atom. The van der Waals surface area contributed by atoms with E-state index in [-0.39, 0.29) is 23.7 Å². The highest BCUT2D eigenvalue weighted by Gasteiger charge is 2.30. The molecule has 1 N–H and O–H groups in total. The summed E-state index contributed by atoms with van der Waals surface area (Å²) in [5, 5.41) is 3.01. The molecule has 0 spiro atoms. The number of carbonyl (C=O) groups is 1. The standard InChI is InChI=1S/C12H24N2O2/c1-6-10-8-16-9(2)7-14(10)11(15)13-12(3,4)5/h9-10H,6-8H2,1-5H3,(H,13,15). The quantitative estimate of drug-likeness (QED) is 0.745. The van der Waals surface area contributed by atoms with Gasteiger partial charge >= 0.3 is 6.03 Å². The molecule has 4 nitrogen and oxygen atoms in total. The second kappa shape index (κ2) is 5.04. The first kappa shape index (κ1) is 13.3. The van der Waals surface area contributed by atoms with E-state index in [2.05, 4.69) is 12.2 Å². The maximum absolute atomic E-state index is 12.1. The van der Waals surface area contributed by atoms with Gasteiger partial charge in [-0.25, -0.2) is 4.79 Å². The Morgan fingerprint density at radius 1 is 1.50 bits per heavy atom. The van der Waals surface area contributed by atoms with Gasteiger partial charge in [-0.3, -0.25) is 0 Å². The molecule has 2 unspecified atom stereocenters. The van der Waals surface area contributed by atoms with Gasteiger partial charge in [0.15, 0.2) is 0 Å². The zero-order chi connectivity index (χ0) is 12.3. The topological polar surface area (TPSA) is 41.6 Å². The Hall–Kier alpha value is -0.770. The minimum absolute atomic E-state index is 0.0227. The first-order chi connectivity index (χ1) is 7.33. The van der Waals surface area contributed by atoms with E-state index in [1.807, 2.05) is 32.6 Å². The summed E-state index contributed by atoms with van der Waals surface area (Å²) in [6.07, 6.45) is 1.07. The number of carbonyl (C=O) groups excluding carboxylic acids is 1. The highest BCUT2D eigenvalue weighted by atomic mass is 16.5. The van der Waals surface area contributed by atoms with E-state index >= 15 is 0 Å². The minimum Gasteiger partial charge on any atom is -0.375 e. The van der Waals surface area contributed by atoms with Crippen LogP contribution in [0.3, 0.4) is 0 Å². The van der Waals surface area contributed by atoms with Gasteiger partial charge in [-0.1, -0.05) is 6.92 Å². The van der Waals surface area contributed by atoms with Crippen molar-refractivity contribution in [2.75, 3.05) is 13.2 Å². The Labute approximate surface area is 98.3 Å². The molecule has 0 aromatic carbocycles. The molecule has 94 valence electrons. The Balaban J connectivity index is 2.63. The summed E-state index contributed by atoms with van der Waals surface area (Å²) in [5.41, 5.74) is -0.184. The minimum atomic E-state index is -0.184. The molecule has 1 aliphatic heterocycles. The molecule has 16 heavy (non-hydrogen) atoms. The third kappa shape index (κ3) is 3.67. The second-order valence-electron chi connectivity index (χ2n) is 5.54. The lowest BCUT2D eigenvalue weighted by atomic mass is 10.1. The number of hydrogen-bond donors (Lipinski definition) is 1. The van der Waals surface area contributed by atoms with Gasteiger partial charge in [-0.15, -0.1) is 0 Å². The number of ether oxygens (including phenoxy) is 1. The van der Waals surface area contributed by atoms with E-state index in [1.54, 1.807) is 0 Å². The number of amides is 2. The normalized spacial score (nSPS) is 26.7. The van der Waals surface area contributed by atoms with Crippen LogP contribution in [0.4, 0.5) is 4.79 Å². The summed E-state index contributed by atoms with van der Waals surface area (Å²) in [6.45, 7) is 11.4. The van der Waals surface area contributed by atoms with Crippen LogP contribution in [0.5, 0.6) is 0 Å². The van der Waals surface area contributed by atoms with Crippen molar-refractivity contribution in [2.45, 2.75) is 58.7 Å². The van der Waals surface area contributed by atoms with E-state index in [4.69, 9.17) is 4.74 Å². The van der Waals surface area contributed by atoms with Crippen LogP contribution in [0.15, 0.2) is 0 Å². The number of rotatable bonds is 1. The molecule has 0 saturated carbocycles. The summed E-state index contributed by atoms with van der Waals surface area (Å²) >= 11 is 0. The maximum Gasteiger partial charge on any atom is 0.318 e. The van der Waals surface area contributed by atoms with Crippen LogP contribution in [0, 0.1) is 0 Å². The highest BCUT2D eigenvalue weighted by Crippen LogP contribution is 2.15. The van der Waals surface area contributed by atoms with E-state index in [0.29, 0.717) is 13.2 Å². The predicted octanol–water partition coefficient (Wildman–Crippen LogP) is 1.99. The summed E-state index contributed by atoms with van der Waals surface area (Å²) in [7, 11) is 0. The van der Waals surface area contributed by atoms with Gasteiger partial charge in [-0.2, -0.15) is 0 Å². The molecule has 0 aromatic rings. The van der Waals surface area contributed by atoms with Gasteiger partial charge in [0.05, 0.1) is 18.8 Å². The molecular formula is C12H24N2O2. The van der Waals surface area contributed by atoms with Crippen LogP contribution in [0.1, 0.15) is 41.0 Å². The van der Waals surface area contributed by atoms with Crippen molar-refractivity contribution >= 4 is 6.03 Å². The number of urea groups is 1. The van der Waals surface area contributed by atoms with Crippen molar-refractivity contribution in [2.24, 2.45) is 0 Å². The van der Waals surface area contributed by atoms with Crippen LogP contribution < -0.4 is 5.32 Å². The molecule has 2 amide bonds. The average molecular weight is 228 g/mol. The fourth-order valence-corrected chi connectivity index (χ4v) is 1.82. The number of hydrogen-bond acceptors (Lipinski definition) is 2. The molecule has 1 heterocycles. The van der Waals surface area contributed by atoms with E-state index < -0.39 is 0 Å².